The summed E-state index contributed by atoms with van der Waals surface area (Å²) in [5.74, 6) is 1.33. The first-order valence-corrected chi connectivity index (χ1v) is 6.28. The molecule has 16 heavy (non-hydrogen) atoms. The molecule has 0 aliphatic rings. The third-order valence-electron chi connectivity index (χ3n) is 2.37. The lowest BCUT2D eigenvalue weighted by Gasteiger charge is -2.24. The second kappa shape index (κ2) is 5.69. The summed E-state index contributed by atoms with van der Waals surface area (Å²) >= 11 is 1.71. The molecule has 0 aliphatic heterocycles. The van der Waals surface area contributed by atoms with Crippen LogP contribution in [0.25, 0.3) is 0 Å². The molecular formula is C10H15N3O2S. The van der Waals surface area contributed by atoms with Crippen LogP contribution in [0.3, 0.4) is 0 Å². The van der Waals surface area contributed by atoms with Gasteiger partial charge in [0.15, 0.2) is 0 Å². The Bertz CT molecular complexity index is 373. The second-order valence-electron chi connectivity index (χ2n) is 3.52. The topological polar surface area (TPSA) is 59.3 Å². The van der Waals surface area contributed by atoms with Crippen LogP contribution in [0.15, 0.2) is 18.3 Å². The molecule has 88 valence electrons. The molecule has 1 unspecified atom stereocenters. The van der Waals surface area contributed by atoms with E-state index >= 15 is 0 Å². The highest BCUT2D eigenvalue weighted by Gasteiger charge is 2.20. The first kappa shape index (κ1) is 12.8. The van der Waals surface area contributed by atoms with E-state index in [2.05, 4.69) is 4.98 Å². The van der Waals surface area contributed by atoms with Gasteiger partial charge in [-0.2, -0.15) is 11.8 Å². The summed E-state index contributed by atoms with van der Waals surface area (Å²) in [5, 5.41) is 10.8. The SMILES string of the molecule is CSCC(C)N(C)c1ncccc1[N+](=O)[O-]. The fraction of sp³-hybridized carbons (Fsp3) is 0.500. The van der Waals surface area contributed by atoms with Crippen LogP contribution in [0.4, 0.5) is 11.5 Å². The van der Waals surface area contributed by atoms with Gasteiger partial charge >= 0.3 is 5.69 Å². The minimum atomic E-state index is -0.398. The zero-order valence-corrected chi connectivity index (χ0v) is 10.4. The average Bonchev–Trinajstić information content (AvgIpc) is 2.28. The lowest BCUT2D eigenvalue weighted by atomic mass is 10.3. The van der Waals surface area contributed by atoms with Crippen molar-refractivity contribution < 1.29 is 4.92 Å². The second-order valence-corrected chi connectivity index (χ2v) is 4.43. The smallest absolute Gasteiger partial charge is 0.311 e. The highest BCUT2D eigenvalue weighted by atomic mass is 32.2. The number of anilines is 1. The van der Waals surface area contributed by atoms with Crippen molar-refractivity contribution in [2.45, 2.75) is 13.0 Å². The van der Waals surface area contributed by atoms with E-state index in [9.17, 15) is 10.1 Å². The summed E-state index contributed by atoms with van der Waals surface area (Å²) in [4.78, 5) is 16.4. The van der Waals surface area contributed by atoms with E-state index < -0.39 is 4.92 Å². The average molecular weight is 241 g/mol. The Morgan fingerprint density at radius 2 is 2.38 bits per heavy atom. The molecule has 0 aliphatic carbocycles. The van der Waals surface area contributed by atoms with E-state index in [0.29, 0.717) is 5.82 Å². The van der Waals surface area contributed by atoms with Gasteiger partial charge in [0, 0.05) is 31.1 Å². The Morgan fingerprint density at radius 1 is 1.69 bits per heavy atom. The summed E-state index contributed by atoms with van der Waals surface area (Å²) in [5.41, 5.74) is 0.0537. The molecule has 5 nitrogen and oxygen atoms in total. The van der Waals surface area contributed by atoms with Crippen LogP contribution in [0, 0.1) is 10.1 Å². The number of nitro groups is 1. The predicted octanol–water partition coefficient (Wildman–Crippen LogP) is 2.18. The molecule has 1 atom stereocenters. The highest BCUT2D eigenvalue weighted by Crippen LogP contribution is 2.25. The zero-order valence-electron chi connectivity index (χ0n) is 9.58. The number of aromatic nitrogens is 1. The van der Waals surface area contributed by atoms with Crippen molar-refractivity contribution in [2.75, 3.05) is 24.0 Å². The van der Waals surface area contributed by atoms with Crippen LogP contribution >= 0.6 is 11.8 Å². The van der Waals surface area contributed by atoms with Gasteiger partial charge in [-0.05, 0) is 19.2 Å². The monoisotopic (exact) mass is 241 g/mol. The molecule has 0 spiro atoms. The van der Waals surface area contributed by atoms with E-state index in [1.165, 1.54) is 6.07 Å². The lowest BCUT2D eigenvalue weighted by Crippen LogP contribution is -2.32. The van der Waals surface area contributed by atoms with Crippen molar-refractivity contribution >= 4 is 23.3 Å². The van der Waals surface area contributed by atoms with Gasteiger partial charge in [-0.25, -0.2) is 4.98 Å². The van der Waals surface area contributed by atoms with Crippen LogP contribution in [-0.4, -0.2) is 35.0 Å². The first-order chi connectivity index (χ1) is 7.57. The highest BCUT2D eigenvalue weighted by molar-refractivity contribution is 7.98. The maximum atomic E-state index is 10.8. The molecule has 1 aromatic heterocycles. The van der Waals surface area contributed by atoms with E-state index in [4.69, 9.17) is 0 Å². The number of pyridine rings is 1. The minimum Gasteiger partial charge on any atom is -0.350 e. The Labute approximate surface area is 99.0 Å². The lowest BCUT2D eigenvalue weighted by molar-refractivity contribution is -0.384. The van der Waals surface area contributed by atoms with Gasteiger partial charge in [0.1, 0.15) is 0 Å². The van der Waals surface area contributed by atoms with Gasteiger partial charge in [-0.15, -0.1) is 0 Å². The molecule has 0 N–H and O–H groups in total. The maximum absolute atomic E-state index is 10.8. The van der Waals surface area contributed by atoms with Crippen molar-refractivity contribution in [3.8, 4) is 0 Å². The molecule has 0 saturated heterocycles. The van der Waals surface area contributed by atoms with Crippen molar-refractivity contribution in [2.24, 2.45) is 0 Å². The number of thioether (sulfide) groups is 1. The molecular weight excluding hydrogens is 226 g/mol. The van der Waals surface area contributed by atoms with Crippen LogP contribution in [0.5, 0.6) is 0 Å². The molecule has 1 aromatic rings. The third-order valence-corrected chi connectivity index (χ3v) is 3.18. The van der Waals surface area contributed by atoms with Crippen molar-refractivity contribution in [3.05, 3.63) is 28.4 Å². The van der Waals surface area contributed by atoms with Gasteiger partial charge in [0.05, 0.1) is 4.92 Å². The van der Waals surface area contributed by atoms with Gasteiger partial charge in [0.2, 0.25) is 5.82 Å². The third kappa shape index (κ3) is 2.85. The van der Waals surface area contributed by atoms with Crippen molar-refractivity contribution in [1.82, 2.24) is 4.98 Å². The van der Waals surface area contributed by atoms with E-state index in [1.54, 1.807) is 24.0 Å². The van der Waals surface area contributed by atoms with E-state index in [1.807, 2.05) is 25.1 Å². The maximum Gasteiger partial charge on any atom is 0.311 e. The summed E-state index contributed by atoms with van der Waals surface area (Å²) in [6, 6.07) is 3.27. The fourth-order valence-corrected chi connectivity index (χ4v) is 2.07. The Morgan fingerprint density at radius 3 is 2.94 bits per heavy atom. The van der Waals surface area contributed by atoms with Gasteiger partial charge < -0.3 is 4.90 Å². The molecule has 0 bridgehead atoms. The summed E-state index contributed by atoms with van der Waals surface area (Å²) < 4.78 is 0. The predicted molar refractivity (Wildman–Crippen MR) is 67.1 cm³/mol. The molecule has 0 radical (unpaired) electrons. The molecule has 1 heterocycles. The van der Waals surface area contributed by atoms with Crippen LogP contribution < -0.4 is 4.90 Å². The Kier molecular flexibility index (Phi) is 4.54. The molecule has 1 rings (SSSR count). The van der Waals surface area contributed by atoms with Crippen molar-refractivity contribution in [3.63, 3.8) is 0 Å². The largest absolute Gasteiger partial charge is 0.350 e. The van der Waals surface area contributed by atoms with E-state index in [-0.39, 0.29) is 11.7 Å². The van der Waals surface area contributed by atoms with Gasteiger partial charge in [-0.3, -0.25) is 10.1 Å². The summed E-state index contributed by atoms with van der Waals surface area (Å²) in [6.07, 6.45) is 3.59. The number of nitrogens with zero attached hydrogens (tertiary/aromatic N) is 3. The molecule has 0 saturated carbocycles. The molecule has 6 heteroatoms. The molecule has 0 aromatic carbocycles. The fourth-order valence-electron chi connectivity index (χ4n) is 1.36. The first-order valence-electron chi connectivity index (χ1n) is 4.89. The van der Waals surface area contributed by atoms with Gasteiger partial charge in [0.25, 0.3) is 0 Å². The normalized spacial score (nSPS) is 12.2. The number of rotatable bonds is 5. The van der Waals surface area contributed by atoms with Crippen LogP contribution in [0.2, 0.25) is 0 Å². The number of hydrogen-bond acceptors (Lipinski definition) is 5. The summed E-state index contributed by atoms with van der Waals surface area (Å²) in [7, 11) is 1.83. The summed E-state index contributed by atoms with van der Waals surface area (Å²) in [6.45, 7) is 2.02. The van der Waals surface area contributed by atoms with Crippen LogP contribution in [0.1, 0.15) is 6.92 Å². The van der Waals surface area contributed by atoms with Crippen molar-refractivity contribution in [1.29, 1.82) is 0 Å². The Balaban J connectivity index is 2.98. The Hall–Kier alpha value is -1.30. The minimum absolute atomic E-state index is 0.0537. The molecule has 0 fully saturated rings. The zero-order chi connectivity index (χ0) is 12.1. The van der Waals surface area contributed by atoms with Gasteiger partial charge in [-0.1, -0.05) is 0 Å². The van der Waals surface area contributed by atoms with E-state index in [0.717, 1.165) is 5.75 Å². The van der Waals surface area contributed by atoms with Crippen LogP contribution in [-0.2, 0) is 0 Å². The quantitative estimate of drug-likeness (QED) is 0.584. The number of hydrogen-bond donors (Lipinski definition) is 0. The molecule has 0 amide bonds. The standard InChI is InChI=1S/C10H15N3O2S/c1-8(7-16-3)12(2)10-9(13(14)15)5-4-6-11-10/h4-6,8H,7H2,1-3H3.